The average Bonchev–Trinajstić information content (AvgIpc) is 3.00. The highest BCUT2D eigenvalue weighted by Gasteiger charge is 2.16. The maximum absolute atomic E-state index is 12.0. The van der Waals surface area contributed by atoms with E-state index < -0.39 is 5.97 Å². The van der Waals surface area contributed by atoms with Gasteiger partial charge in [0.15, 0.2) is 17.8 Å². The summed E-state index contributed by atoms with van der Waals surface area (Å²) in [5, 5.41) is 0.283. The van der Waals surface area contributed by atoms with E-state index in [1.807, 2.05) is 43.3 Å². The molecule has 9 heteroatoms. The number of esters is 1. The van der Waals surface area contributed by atoms with Crippen molar-refractivity contribution in [2.45, 2.75) is 27.1 Å². The van der Waals surface area contributed by atoms with Gasteiger partial charge in [-0.15, -0.1) is 0 Å². The van der Waals surface area contributed by atoms with Gasteiger partial charge in [-0.3, -0.25) is 9.78 Å². The van der Waals surface area contributed by atoms with Gasteiger partial charge in [0.1, 0.15) is 37.9 Å². The van der Waals surface area contributed by atoms with Gasteiger partial charge in [0, 0.05) is 24.0 Å². The molecule has 210 valence electrons. The molecule has 0 saturated heterocycles. The van der Waals surface area contributed by atoms with Crippen molar-refractivity contribution in [1.29, 1.82) is 0 Å². The predicted molar refractivity (Wildman–Crippen MR) is 153 cm³/mol. The molecule has 0 unspecified atom stereocenters. The van der Waals surface area contributed by atoms with Crippen LogP contribution in [0, 0.1) is 6.92 Å². The minimum atomic E-state index is -0.467. The number of aldehydes is 1. The van der Waals surface area contributed by atoms with Gasteiger partial charge in [0.05, 0.1) is 22.8 Å². The highest BCUT2D eigenvalue weighted by atomic mass is 35.5. The van der Waals surface area contributed by atoms with Crippen LogP contribution in [0.3, 0.4) is 0 Å². The summed E-state index contributed by atoms with van der Waals surface area (Å²) in [6.07, 6.45) is 3.67. The largest absolute Gasteiger partial charge is 0.488 e. The van der Waals surface area contributed by atoms with Crippen molar-refractivity contribution in [2.24, 2.45) is 0 Å². The fourth-order valence-corrected chi connectivity index (χ4v) is 4.68. The van der Waals surface area contributed by atoms with Gasteiger partial charge in [0.2, 0.25) is 0 Å². The number of ether oxygens (including phenoxy) is 5. The summed E-state index contributed by atoms with van der Waals surface area (Å²) in [7, 11) is 0. The second-order valence-electron chi connectivity index (χ2n) is 9.27. The van der Waals surface area contributed by atoms with Crippen LogP contribution in [0.1, 0.15) is 44.3 Å². The Balaban J connectivity index is 1.32. The molecule has 1 aliphatic heterocycles. The van der Waals surface area contributed by atoms with Crippen LogP contribution in [-0.4, -0.2) is 37.1 Å². The first-order valence-electron chi connectivity index (χ1n) is 13.1. The molecule has 0 atom stereocenters. The smallest absolute Gasteiger partial charge is 0.339 e. The van der Waals surface area contributed by atoms with Gasteiger partial charge in [-0.1, -0.05) is 35.9 Å². The number of fused-ring (bicyclic) bond motifs is 1. The molecule has 0 amide bonds. The number of rotatable bonds is 10. The Morgan fingerprint density at radius 1 is 0.976 bits per heavy atom. The lowest BCUT2D eigenvalue weighted by Gasteiger charge is -2.20. The van der Waals surface area contributed by atoms with Gasteiger partial charge in [0.25, 0.3) is 0 Å². The van der Waals surface area contributed by atoms with Gasteiger partial charge in [-0.05, 0) is 60.4 Å². The normalized spacial score (nSPS) is 12.0. The van der Waals surface area contributed by atoms with Crippen molar-refractivity contribution in [1.82, 2.24) is 4.98 Å². The zero-order chi connectivity index (χ0) is 28.8. The minimum Gasteiger partial charge on any atom is -0.488 e. The van der Waals surface area contributed by atoms with Crippen LogP contribution in [0.25, 0.3) is 11.1 Å². The molecule has 0 saturated carbocycles. The Morgan fingerprint density at radius 3 is 2.59 bits per heavy atom. The number of benzene rings is 3. The molecule has 8 nitrogen and oxygen atoms in total. The van der Waals surface area contributed by atoms with Crippen molar-refractivity contribution in [3.8, 4) is 34.1 Å². The zero-order valence-corrected chi connectivity index (χ0v) is 23.4. The summed E-state index contributed by atoms with van der Waals surface area (Å²) in [6, 6.07) is 16.7. The molecular weight excluding hydrogens is 546 g/mol. The fraction of sp³-hybridized carbons (Fsp3) is 0.219. The topological polar surface area (TPSA) is 93.2 Å². The van der Waals surface area contributed by atoms with E-state index in [0.29, 0.717) is 42.1 Å². The highest BCUT2D eigenvalue weighted by molar-refractivity contribution is 6.32. The Labute approximate surface area is 242 Å². The Bertz CT molecular complexity index is 1590. The first kappa shape index (κ1) is 28.0. The Hall–Kier alpha value is -4.56. The molecule has 41 heavy (non-hydrogen) atoms. The average molecular weight is 574 g/mol. The maximum atomic E-state index is 12.0. The van der Waals surface area contributed by atoms with E-state index in [1.54, 1.807) is 25.3 Å². The van der Waals surface area contributed by atoms with Gasteiger partial charge >= 0.3 is 5.97 Å². The van der Waals surface area contributed by atoms with E-state index in [9.17, 15) is 9.59 Å². The molecule has 0 bridgehead atoms. The van der Waals surface area contributed by atoms with Crippen molar-refractivity contribution >= 4 is 23.9 Å². The number of aromatic nitrogens is 1. The number of hydrogen-bond acceptors (Lipinski definition) is 8. The number of carbonyl (C=O) groups excluding carboxylic acids is 2. The zero-order valence-electron chi connectivity index (χ0n) is 22.6. The van der Waals surface area contributed by atoms with Crippen LogP contribution in [0.4, 0.5) is 0 Å². The van der Waals surface area contributed by atoms with E-state index in [0.717, 1.165) is 33.8 Å². The molecule has 2 heterocycles. The minimum absolute atomic E-state index is 0.0683. The molecule has 0 aliphatic carbocycles. The quantitative estimate of drug-likeness (QED) is 0.154. The molecule has 1 aliphatic rings. The lowest BCUT2D eigenvalue weighted by molar-refractivity contribution is 0.0525. The van der Waals surface area contributed by atoms with Crippen LogP contribution in [0.15, 0.2) is 67.0 Å². The molecule has 4 aromatic rings. The molecule has 0 N–H and O–H groups in total. The molecule has 5 rings (SSSR count). The summed E-state index contributed by atoms with van der Waals surface area (Å²) in [6.45, 7) is 5.41. The molecular formula is C32H28ClNO7. The number of pyridine rings is 1. The summed E-state index contributed by atoms with van der Waals surface area (Å²) >= 11 is 6.46. The molecule has 0 radical (unpaired) electrons. The first-order chi connectivity index (χ1) is 20.0. The van der Waals surface area contributed by atoms with E-state index in [4.69, 9.17) is 35.3 Å². The Kier molecular flexibility index (Phi) is 8.70. The third-order valence-electron chi connectivity index (χ3n) is 6.57. The van der Waals surface area contributed by atoms with Gasteiger partial charge in [-0.2, -0.15) is 0 Å². The van der Waals surface area contributed by atoms with E-state index in [2.05, 4.69) is 4.98 Å². The van der Waals surface area contributed by atoms with Crippen molar-refractivity contribution in [2.75, 3.05) is 19.8 Å². The van der Waals surface area contributed by atoms with E-state index in [1.165, 1.54) is 12.3 Å². The lowest BCUT2D eigenvalue weighted by atomic mass is 9.96. The second-order valence-corrected chi connectivity index (χ2v) is 9.67. The number of halogens is 1. The third-order valence-corrected chi connectivity index (χ3v) is 6.87. The van der Waals surface area contributed by atoms with Crippen LogP contribution in [0.2, 0.25) is 5.02 Å². The molecule has 0 spiro atoms. The van der Waals surface area contributed by atoms with Crippen LogP contribution in [-0.2, 0) is 18.0 Å². The third kappa shape index (κ3) is 6.44. The summed E-state index contributed by atoms with van der Waals surface area (Å²) in [4.78, 5) is 27.9. The van der Waals surface area contributed by atoms with Crippen LogP contribution in [0.5, 0.6) is 23.0 Å². The van der Waals surface area contributed by atoms with Gasteiger partial charge in [-0.25, -0.2) is 4.79 Å². The lowest BCUT2D eigenvalue weighted by Crippen LogP contribution is -2.15. The summed E-state index contributed by atoms with van der Waals surface area (Å²) in [5.74, 6) is 1.67. The first-order valence-corrected chi connectivity index (χ1v) is 13.5. The van der Waals surface area contributed by atoms with E-state index >= 15 is 0 Å². The molecule has 3 aromatic carbocycles. The summed E-state index contributed by atoms with van der Waals surface area (Å²) < 4.78 is 28.5. The molecule has 1 aromatic heterocycles. The Morgan fingerprint density at radius 2 is 1.78 bits per heavy atom. The monoisotopic (exact) mass is 573 g/mol. The van der Waals surface area contributed by atoms with Crippen LogP contribution >= 0.6 is 11.6 Å². The standard InChI is InChI=1S/C32H28ClNO7/c1-3-37-32(36)24-11-21(15-34-16-24)18-40-29-14-30(27(33)12-25(29)17-35)41-19-23-5-4-6-26(20(23)2)22-7-8-28-31(13-22)39-10-9-38-28/h4-8,11-17H,3,9-10,18-19H2,1-2H3. The van der Waals surface area contributed by atoms with Crippen molar-refractivity contribution in [3.05, 3.63) is 99.8 Å². The van der Waals surface area contributed by atoms with Crippen molar-refractivity contribution in [3.63, 3.8) is 0 Å². The second kappa shape index (κ2) is 12.7. The number of hydrogen-bond donors (Lipinski definition) is 0. The number of nitrogens with zero attached hydrogens (tertiary/aromatic N) is 1. The predicted octanol–water partition coefficient (Wildman–Crippen LogP) is 6.63. The fourth-order valence-electron chi connectivity index (χ4n) is 4.45. The maximum Gasteiger partial charge on any atom is 0.339 e. The number of carbonyl (C=O) groups is 2. The van der Waals surface area contributed by atoms with Crippen LogP contribution < -0.4 is 18.9 Å². The van der Waals surface area contributed by atoms with E-state index in [-0.39, 0.29) is 30.4 Å². The SMILES string of the molecule is CCOC(=O)c1cncc(COc2cc(OCc3cccc(-c4ccc5c(c4)OCCO5)c3C)c(Cl)cc2C=O)c1. The summed E-state index contributed by atoms with van der Waals surface area (Å²) in [5.41, 5.74) is 5.31. The van der Waals surface area contributed by atoms with Gasteiger partial charge < -0.3 is 23.7 Å². The molecule has 0 fully saturated rings. The highest BCUT2D eigenvalue weighted by Crippen LogP contribution is 2.37. The van der Waals surface area contributed by atoms with Crippen molar-refractivity contribution < 1.29 is 33.3 Å².